The number of hydrogen-bond donors (Lipinski definition) is 0. The Labute approximate surface area is 156 Å². The molecule has 1 heterocycles. The van der Waals surface area contributed by atoms with E-state index in [4.69, 9.17) is 9.15 Å². The topological polar surface area (TPSA) is 56.5 Å². The zero-order valence-electron chi connectivity index (χ0n) is 16.1. The number of esters is 1. The highest BCUT2D eigenvalue weighted by Crippen LogP contribution is 2.61. The molecule has 26 heavy (non-hydrogen) atoms. The smallest absolute Gasteiger partial charge is 0.303 e. The lowest BCUT2D eigenvalue weighted by molar-refractivity contribution is -0.155. The molecule has 0 unspecified atom stereocenters. The van der Waals surface area contributed by atoms with Gasteiger partial charge in [-0.3, -0.25) is 4.79 Å². The predicted octanol–water partition coefficient (Wildman–Crippen LogP) is 4.73. The highest BCUT2D eigenvalue weighted by Gasteiger charge is 2.57. The van der Waals surface area contributed by atoms with Gasteiger partial charge in [0.2, 0.25) is 0 Å². The van der Waals surface area contributed by atoms with E-state index in [9.17, 15) is 9.59 Å². The van der Waals surface area contributed by atoms with Crippen molar-refractivity contribution in [1.29, 1.82) is 0 Å². The summed E-state index contributed by atoms with van der Waals surface area (Å²) in [7, 11) is 0. The van der Waals surface area contributed by atoms with Crippen LogP contribution in [0.25, 0.3) is 0 Å². The highest BCUT2D eigenvalue weighted by atomic mass is 16.5. The third-order valence-corrected chi connectivity index (χ3v) is 7.01. The molecule has 0 N–H and O–H groups in total. The van der Waals surface area contributed by atoms with E-state index in [2.05, 4.69) is 20.4 Å². The van der Waals surface area contributed by atoms with E-state index < -0.39 is 0 Å². The lowest BCUT2D eigenvalue weighted by atomic mass is 9.46. The van der Waals surface area contributed by atoms with Gasteiger partial charge in [-0.15, -0.1) is 0 Å². The zero-order valence-corrected chi connectivity index (χ0v) is 16.1. The van der Waals surface area contributed by atoms with Crippen molar-refractivity contribution in [2.45, 2.75) is 65.4 Å². The average Bonchev–Trinajstić information content (AvgIpc) is 3.09. The standard InChI is InChI=1S/C22H30O4/c1-15-18(7-6-17-8-11-25-13-17)22(4)10-5-9-21(3,14-23)20(22)12-19(15)26-16(2)24/h8,11,13-14,18-20H,1,5-7,9-10,12H2,2-4H3/t18-,19+,20-,21-,22+/m1/s1. The Morgan fingerprint density at radius 1 is 1.42 bits per heavy atom. The van der Waals surface area contributed by atoms with Crippen molar-refractivity contribution in [1.82, 2.24) is 0 Å². The Hall–Kier alpha value is -1.84. The molecule has 1 aromatic rings. The van der Waals surface area contributed by atoms with Crippen molar-refractivity contribution < 1.29 is 18.7 Å². The van der Waals surface area contributed by atoms with Crippen LogP contribution in [0, 0.1) is 22.7 Å². The molecule has 0 bridgehead atoms. The molecule has 0 radical (unpaired) electrons. The second kappa shape index (κ2) is 7.05. The van der Waals surface area contributed by atoms with Gasteiger partial charge in [-0.1, -0.05) is 26.8 Å². The quantitative estimate of drug-likeness (QED) is 0.434. The van der Waals surface area contributed by atoms with Crippen LogP contribution in [0.2, 0.25) is 0 Å². The van der Waals surface area contributed by atoms with E-state index in [1.807, 2.05) is 6.07 Å². The number of furan rings is 1. The first-order valence-electron chi connectivity index (χ1n) is 9.63. The van der Waals surface area contributed by atoms with Gasteiger partial charge in [0.1, 0.15) is 12.4 Å². The van der Waals surface area contributed by atoms with Crippen molar-refractivity contribution in [2.75, 3.05) is 0 Å². The van der Waals surface area contributed by atoms with Crippen LogP contribution in [0.1, 0.15) is 58.4 Å². The third-order valence-electron chi connectivity index (χ3n) is 7.01. The van der Waals surface area contributed by atoms with Crippen molar-refractivity contribution >= 4 is 12.3 Å². The van der Waals surface area contributed by atoms with Gasteiger partial charge in [-0.05, 0) is 66.6 Å². The molecule has 142 valence electrons. The number of ether oxygens (including phenoxy) is 1. The van der Waals surface area contributed by atoms with Gasteiger partial charge in [0.25, 0.3) is 0 Å². The number of carbonyl (C=O) groups excluding carboxylic acids is 2. The molecular formula is C22H30O4. The molecule has 4 nitrogen and oxygen atoms in total. The Bertz CT molecular complexity index is 676. The molecule has 4 heteroatoms. The molecule has 0 aromatic carbocycles. The number of hydrogen-bond acceptors (Lipinski definition) is 4. The Kier molecular flexibility index (Phi) is 5.14. The summed E-state index contributed by atoms with van der Waals surface area (Å²) in [5, 5.41) is 0. The van der Waals surface area contributed by atoms with Crippen LogP contribution in [0.15, 0.2) is 35.2 Å². The van der Waals surface area contributed by atoms with Crippen molar-refractivity contribution in [3.8, 4) is 0 Å². The SMILES string of the molecule is C=C1[C@@H](OC(C)=O)C[C@H]2[C@@](C)(CCC[C@]2(C)C=O)[C@@H]1CCc1ccoc1. The number of carbonyl (C=O) groups is 2. The van der Waals surface area contributed by atoms with Gasteiger partial charge < -0.3 is 13.9 Å². The predicted molar refractivity (Wildman–Crippen MR) is 99.4 cm³/mol. The van der Waals surface area contributed by atoms with Crippen LogP contribution < -0.4 is 0 Å². The van der Waals surface area contributed by atoms with Crippen molar-refractivity contribution in [3.05, 3.63) is 36.3 Å². The van der Waals surface area contributed by atoms with Crippen molar-refractivity contribution in [3.63, 3.8) is 0 Å². The van der Waals surface area contributed by atoms with Crippen LogP contribution >= 0.6 is 0 Å². The van der Waals surface area contributed by atoms with E-state index in [0.717, 1.165) is 44.0 Å². The summed E-state index contributed by atoms with van der Waals surface area (Å²) in [6.45, 7) is 10.2. The maximum absolute atomic E-state index is 12.0. The average molecular weight is 358 g/mol. The second-order valence-electron chi connectivity index (χ2n) is 8.67. The van der Waals surface area contributed by atoms with Crippen LogP contribution in [0.4, 0.5) is 0 Å². The maximum atomic E-state index is 12.0. The van der Waals surface area contributed by atoms with Crippen LogP contribution in [0.3, 0.4) is 0 Å². The van der Waals surface area contributed by atoms with E-state index in [0.29, 0.717) is 6.42 Å². The first kappa shape index (κ1) is 18.9. The normalized spacial score (nSPS) is 37.0. The molecule has 0 saturated heterocycles. The van der Waals surface area contributed by atoms with E-state index in [1.165, 1.54) is 12.5 Å². The van der Waals surface area contributed by atoms with Gasteiger partial charge >= 0.3 is 5.97 Å². The van der Waals surface area contributed by atoms with Crippen LogP contribution in [-0.2, 0) is 20.7 Å². The monoisotopic (exact) mass is 358 g/mol. The summed E-state index contributed by atoms with van der Waals surface area (Å²) in [4.78, 5) is 23.6. The van der Waals surface area contributed by atoms with Crippen LogP contribution in [0.5, 0.6) is 0 Å². The maximum Gasteiger partial charge on any atom is 0.303 e. The van der Waals surface area contributed by atoms with Gasteiger partial charge in [0.15, 0.2) is 0 Å². The summed E-state index contributed by atoms with van der Waals surface area (Å²) in [6.07, 6.45) is 9.90. The number of aryl methyl sites for hydroxylation is 1. The van der Waals surface area contributed by atoms with E-state index in [-0.39, 0.29) is 34.7 Å². The van der Waals surface area contributed by atoms with Gasteiger partial charge in [-0.2, -0.15) is 0 Å². The molecule has 2 saturated carbocycles. The minimum absolute atomic E-state index is 0.00534. The molecule has 0 amide bonds. The van der Waals surface area contributed by atoms with Gasteiger partial charge in [0.05, 0.1) is 12.5 Å². The summed E-state index contributed by atoms with van der Waals surface area (Å²) < 4.78 is 10.8. The molecule has 1 aromatic heterocycles. The molecular weight excluding hydrogens is 328 g/mol. The molecule has 2 fully saturated rings. The Morgan fingerprint density at radius 3 is 2.81 bits per heavy atom. The summed E-state index contributed by atoms with van der Waals surface area (Å²) in [6, 6.07) is 1.99. The van der Waals surface area contributed by atoms with E-state index >= 15 is 0 Å². The largest absolute Gasteiger partial charge is 0.472 e. The second-order valence-corrected chi connectivity index (χ2v) is 8.67. The minimum Gasteiger partial charge on any atom is -0.472 e. The first-order chi connectivity index (χ1) is 12.3. The third kappa shape index (κ3) is 3.26. The Balaban J connectivity index is 1.92. The molecule has 0 aliphatic heterocycles. The van der Waals surface area contributed by atoms with E-state index in [1.54, 1.807) is 12.5 Å². The fourth-order valence-corrected chi connectivity index (χ4v) is 5.65. The zero-order chi connectivity index (χ0) is 18.9. The Morgan fingerprint density at radius 2 is 2.19 bits per heavy atom. The number of aldehydes is 1. The lowest BCUT2D eigenvalue weighted by Gasteiger charge is -2.58. The van der Waals surface area contributed by atoms with Gasteiger partial charge in [0, 0.05) is 12.3 Å². The van der Waals surface area contributed by atoms with Crippen LogP contribution in [-0.4, -0.2) is 18.4 Å². The van der Waals surface area contributed by atoms with Crippen molar-refractivity contribution in [2.24, 2.45) is 22.7 Å². The number of fused-ring (bicyclic) bond motifs is 1. The molecule has 5 atom stereocenters. The first-order valence-corrected chi connectivity index (χ1v) is 9.63. The lowest BCUT2D eigenvalue weighted by Crippen LogP contribution is -2.54. The van der Waals surface area contributed by atoms with Gasteiger partial charge in [-0.25, -0.2) is 0 Å². The number of rotatable bonds is 5. The minimum atomic E-state index is -0.361. The molecule has 2 aliphatic rings. The molecule has 2 aliphatic carbocycles. The fraction of sp³-hybridized carbons (Fsp3) is 0.636. The summed E-state index contributed by atoms with van der Waals surface area (Å²) in [5.74, 6) is 0.141. The summed E-state index contributed by atoms with van der Waals surface area (Å²) >= 11 is 0. The summed E-state index contributed by atoms with van der Waals surface area (Å²) in [5.41, 5.74) is 1.82. The fourth-order valence-electron chi connectivity index (χ4n) is 5.65. The molecule has 0 spiro atoms. The highest BCUT2D eigenvalue weighted by molar-refractivity contribution is 5.66. The molecule has 3 rings (SSSR count).